The smallest absolute Gasteiger partial charge is 0.136 e. The van der Waals surface area contributed by atoms with E-state index in [2.05, 4.69) is 15.5 Å². The Morgan fingerprint density at radius 1 is 1.45 bits per heavy atom. The maximum atomic E-state index is 8.82. The molecule has 1 aliphatic heterocycles. The standard InChI is InChI=1S/C13H12N4OS4/c14-9-4-3-8(6-11(9)17-18)7-19-22-21-13-16-10-2-1-5-15-12(10)20-13/h1-6,13-14,16,18H,7H2/b14-9?,17-11-. The zero-order valence-corrected chi connectivity index (χ0v) is 14.5. The summed E-state index contributed by atoms with van der Waals surface area (Å²) in [5, 5.41) is 24.0. The van der Waals surface area contributed by atoms with Crippen LogP contribution in [0.15, 0.2) is 52.3 Å². The summed E-state index contributed by atoms with van der Waals surface area (Å²) in [5.41, 5.74) is 2.68. The fourth-order valence-electron chi connectivity index (χ4n) is 1.80. The van der Waals surface area contributed by atoms with Crippen LogP contribution in [0.5, 0.6) is 0 Å². The van der Waals surface area contributed by atoms with Crippen LogP contribution >= 0.6 is 43.2 Å². The SMILES string of the molecule is N=C1C=CC(CSSSC2Nc3cccnc3S2)=C/C1=N/O. The quantitative estimate of drug-likeness (QED) is 0.235. The van der Waals surface area contributed by atoms with Crippen LogP contribution in [-0.2, 0) is 0 Å². The number of anilines is 1. The highest BCUT2D eigenvalue weighted by atomic mass is 33.5. The molecule has 2 heterocycles. The van der Waals surface area contributed by atoms with Gasteiger partial charge in [0.05, 0.1) is 11.4 Å². The summed E-state index contributed by atoms with van der Waals surface area (Å²) in [5.74, 6) is 0.795. The van der Waals surface area contributed by atoms with E-state index in [4.69, 9.17) is 10.6 Å². The van der Waals surface area contributed by atoms with Crippen molar-refractivity contribution in [3.63, 3.8) is 0 Å². The monoisotopic (exact) mass is 368 g/mol. The molecule has 9 heteroatoms. The molecule has 3 rings (SSSR count). The zero-order chi connectivity index (χ0) is 15.4. The summed E-state index contributed by atoms with van der Waals surface area (Å²) in [6.07, 6.45) is 7.09. The van der Waals surface area contributed by atoms with E-state index in [0.29, 0.717) is 5.71 Å². The number of rotatable bonds is 5. The first-order valence-electron chi connectivity index (χ1n) is 6.29. The number of hydrogen-bond acceptors (Lipinski definition) is 9. The molecular formula is C13H12N4OS4. The molecule has 0 aromatic carbocycles. The Bertz CT molecular complexity index is 649. The van der Waals surface area contributed by atoms with Crippen molar-refractivity contribution in [3.8, 4) is 0 Å². The summed E-state index contributed by atoms with van der Waals surface area (Å²) < 4.78 is 0.265. The largest absolute Gasteiger partial charge is 0.410 e. The first-order chi connectivity index (χ1) is 10.8. The van der Waals surface area contributed by atoms with Crippen LogP contribution in [0.4, 0.5) is 5.69 Å². The second-order valence-electron chi connectivity index (χ2n) is 4.33. The number of allylic oxidation sites excluding steroid dienone is 3. The van der Waals surface area contributed by atoms with Crippen LogP contribution in [0.25, 0.3) is 0 Å². The number of fused-ring (bicyclic) bond motifs is 1. The van der Waals surface area contributed by atoms with Gasteiger partial charge in [0.25, 0.3) is 0 Å². The van der Waals surface area contributed by atoms with Crippen LogP contribution in [0.1, 0.15) is 0 Å². The number of hydrogen-bond donors (Lipinski definition) is 3. The Morgan fingerprint density at radius 2 is 2.36 bits per heavy atom. The third-order valence-corrected chi connectivity index (χ3v) is 8.60. The average Bonchev–Trinajstić information content (AvgIpc) is 2.95. The minimum atomic E-state index is 0.232. The van der Waals surface area contributed by atoms with Crippen LogP contribution in [0.2, 0.25) is 0 Å². The Kier molecular flexibility index (Phi) is 5.40. The summed E-state index contributed by atoms with van der Waals surface area (Å²) in [6.45, 7) is 0. The highest BCUT2D eigenvalue weighted by molar-refractivity contribution is 9.10. The van der Waals surface area contributed by atoms with Crippen LogP contribution < -0.4 is 5.32 Å². The van der Waals surface area contributed by atoms with Crippen molar-refractivity contribution < 1.29 is 5.21 Å². The zero-order valence-electron chi connectivity index (χ0n) is 11.2. The molecule has 0 saturated heterocycles. The van der Waals surface area contributed by atoms with E-state index < -0.39 is 0 Å². The lowest BCUT2D eigenvalue weighted by Gasteiger charge is -2.10. The van der Waals surface area contributed by atoms with E-state index >= 15 is 0 Å². The van der Waals surface area contributed by atoms with Gasteiger partial charge in [0.15, 0.2) is 0 Å². The van der Waals surface area contributed by atoms with Gasteiger partial charge >= 0.3 is 0 Å². The van der Waals surface area contributed by atoms with Crippen molar-refractivity contribution >= 4 is 60.3 Å². The Balaban J connectivity index is 1.42. The number of oxime groups is 1. The van der Waals surface area contributed by atoms with Gasteiger partial charge in [0, 0.05) is 11.9 Å². The van der Waals surface area contributed by atoms with E-state index in [1.807, 2.05) is 24.4 Å². The Morgan fingerprint density at radius 3 is 3.18 bits per heavy atom. The molecule has 3 N–H and O–H groups in total. The topological polar surface area (TPSA) is 81.4 Å². The minimum absolute atomic E-state index is 0.232. The molecule has 0 saturated carbocycles. The molecule has 1 aromatic heterocycles. The summed E-state index contributed by atoms with van der Waals surface area (Å²) in [7, 11) is 5.19. The van der Waals surface area contributed by atoms with E-state index in [1.165, 1.54) is 0 Å². The molecule has 1 aliphatic carbocycles. The summed E-state index contributed by atoms with van der Waals surface area (Å²) >= 11 is 1.72. The first kappa shape index (κ1) is 15.9. The Labute approximate surface area is 143 Å². The second-order valence-corrected chi connectivity index (χ2v) is 9.96. The molecule has 0 bridgehead atoms. The number of nitrogens with zero attached hydrogens (tertiary/aromatic N) is 2. The van der Waals surface area contributed by atoms with Crippen molar-refractivity contribution in [2.24, 2.45) is 5.16 Å². The molecule has 0 fully saturated rings. The summed E-state index contributed by atoms with van der Waals surface area (Å²) in [4.78, 5) is 4.33. The van der Waals surface area contributed by atoms with E-state index in [9.17, 15) is 0 Å². The fourth-order valence-corrected chi connectivity index (χ4v) is 7.53. The molecule has 1 unspecified atom stereocenters. The van der Waals surface area contributed by atoms with Crippen LogP contribution in [-0.4, -0.2) is 32.1 Å². The molecular weight excluding hydrogens is 356 g/mol. The molecule has 0 radical (unpaired) electrons. The average molecular weight is 369 g/mol. The lowest BCUT2D eigenvalue weighted by Crippen LogP contribution is -2.12. The van der Waals surface area contributed by atoms with E-state index in [0.717, 1.165) is 22.0 Å². The Hall–Kier alpha value is -1.03. The minimum Gasteiger partial charge on any atom is -0.410 e. The van der Waals surface area contributed by atoms with Gasteiger partial charge < -0.3 is 10.5 Å². The molecule has 0 spiro atoms. The molecule has 114 valence electrons. The fraction of sp³-hybridized carbons (Fsp3) is 0.154. The molecule has 0 amide bonds. The second kappa shape index (κ2) is 7.49. The van der Waals surface area contributed by atoms with E-state index in [-0.39, 0.29) is 10.4 Å². The predicted molar refractivity (Wildman–Crippen MR) is 99.3 cm³/mol. The molecule has 2 aliphatic rings. The van der Waals surface area contributed by atoms with Gasteiger partial charge in [-0.2, -0.15) is 0 Å². The summed E-state index contributed by atoms with van der Waals surface area (Å²) in [6, 6.07) is 3.97. The van der Waals surface area contributed by atoms with Crippen molar-refractivity contribution in [1.82, 2.24) is 4.98 Å². The highest BCUT2D eigenvalue weighted by Crippen LogP contribution is 2.48. The maximum absolute atomic E-state index is 8.82. The van der Waals surface area contributed by atoms with Crippen molar-refractivity contribution in [3.05, 3.63) is 42.1 Å². The normalized spacial score (nSPS) is 21.6. The number of pyridine rings is 1. The van der Waals surface area contributed by atoms with Gasteiger partial charge in [-0.25, -0.2) is 4.98 Å². The number of aromatic nitrogens is 1. The predicted octanol–water partition coefficient (Wildman–Crippen LogP) is 4.26. The van der Waals surface area contributed by atoms with Gasteiger partial charge in [0.1, 0.15) is 15.4 Å². The van der Waals surface area contributed by atoms with Crippen molar-refractivity contribution in [1.29, 1.82) is 5.41 Å². The molecule has 5 nitrogen and oxygen atoms in total. The van der Waals surface area contributed by atoms with Crippen molar-refractivity contribution in [2.45, 2.75) is 9.73 Å². The third-order valence-electron chi connectivity index (χ3n) is 2.83. The van der Waals surface area contributed by atoms with E-state index in [1.54, 1.807) is 55.3 Å². The number of thioether (sulfide) groups is 1. The van der Waals surface area contributed by atoms with Gasteiger partial charge in [-0.3, -0.25) is 5.41 Å². The van der Waals surface area contributed by atoms with Crippen LogP contribution in [0, 0.1) is 5.41 Å². The lowest BCUT2D eigenvalue weighted by molar-refractivity contribution is 0.320. The molecule has 1 atom stereocenters. The van der Waals surface area contributed by atoms with Gasteiger partial charge in [0.2, 0.25) is 0 Å². The van der Waals surface area contributed by atoms with Gasteiger partial charge in [-0.1, -0.05) is 33.8 Å². The van der Waals surface area contributed by atoms with Crippen molar-refractivity contribution in [2.75, 3.05) is 11.1 Å². The first-order valence-corrected chi connectivity index (χ1v) is 10.9. The third kappa shape index (κ3) is 3.83. The maximum Gasteiger partial charge on any atom is 0.136 e. The highest BCUT2D eigenvalue weighted by Gasteiger charge is 2.22. The molecule has 1 aromatic rings. The van der Waals surface area contributed by atoms with Crippen LogP contribution in [0.3, 0.4) is 0 Å². The number of nitrogens with one attached hydrogen (secondary N) is 2. The van der Waals surface area contributed by atoms with Gasteiger partial charge in [-0.05, 0) is 50.5 Å². The van der Waals surface area contributed by atoms with Gasteiger partial charge in [-0.15, -0.1) is 0 Å². The molecule has 22 heavy (non-hydrogen) atoms. The lowest BCUT2D eigenvalue weighted by atomic mass is 10.1.